The van der Waals surface area contributed by atoms with Gasteiger partial charge in [0.15, 0.2) is 0 Å². The van der Waals surface area contributed by atoms with Crippen LogP contribution in [0.5, 0.6) is 0 Å². The summed E-state index contributed by atoms with van der Waals surface area (Å²) in [6, 6.07) is 6.03. The van der Waals surface area contributed by atoms with Crippen molar-refractivity contribution in [3.63, 3.8) is 0 Å². The van der Waals surface area contributed by atoms with E-state index in [4.69, 9.17) is 0 Å². The van der Waals surface area contributed by atoms with Crippen LogP contribution in [-0.4, -0.2) is 48.2 Å². The Kier molecular flexibility index (Phi) is 4.49. The summed E-state index contributed by atoms with van der Waals surface area (Å²) in [6.45, 7) is 1.89. The van der Waals surface area contributed by atoms with Crippen LogP contribution < -0.4 is 0 Å². The van der Waals surface area contributed by atoms with Gasteiger partial charge < -0.3 is 10.2 Å². The number of aliphatic hydroxyl groups is 2. The Bertz CT molecular complexity index is 555. The van der Waals surface area contributed by atoms with Crippen LogP contribution in [0.25, 0.3) is 0 Å². The number of sulfonamides is 1. The number of hydrogen-bond donors (Lipinski definition) is 2. The van der Waals surface area contributed by atoms with E-state index >= 15 is 0 Å². The Balaban J connectivity index is 2.26. The summed E-state index contributed by atoms with van der Waals surface area (Å²) < 4.78 is 26.2. The average Bonchev–Trinajstić information content (AvgIpc) is 2.41. The van der Waals surface area contributed by atoms with Crippen LogP contribution in [-0.2, 0) is 10.0 Å². The van der Waals surface area contributed by atoms with Crippen molar-refractivity contribution >= 4 is 10.0 Å². The SMILES string of the molecule is Cc1ccc(S(=O)(=O)N(C)[C@@H]2CCC[C@@H](O)[C@@H]2O)cc1. The summed E-state index contributed by atoms with van der Waals surface area (Å²) >= 11 is 0. The predicted molar refractivity (Wildman–Crippen MR) is 75.8 cm³/mol. The lowest BCUT2D eigenvalue weighted by Crippen LogP contribution is -2.51. The van der Waals surface area contributed by atoms with Crippen molar-refractivity contribution in [1.82, 2.24) is 4.31 Å². The van der Waals surface area contributed by atoms with Crippen molar-refractivity contribution in [2.75, 3.05) is 7.05 Å². The molecule has 0 aliphatic heterocycles. The molecule has 0 unspecified atom stereocenters. The van der Waals surface area contributed by atoms with Crippen LogP contribution in [0.1, 0.15) is 24.8 Å². The Morgan fingerprint density at radius 3 is 2.35 bits per heavy atom. The summed E-state index contributed by atoms with van der Waals surface area (Å²) in [4.78, 5) is 0.206. The Morgan fingerprint density at radius 1 is 1.15 bits per heavy atom. The highest BCUT2D eigenvalue weighted by molar-refractivity contribution is 7.89. The first-order valence-electron chi connectivity index (χ1n) is 6.75. The monoisotopic (exact) mass is 299 g/mol. The molecule has 5 nitrogen and oxygen atoms in total. The number of benzene rings is 1. The second-order valence-electron chi connectivity index (χ2n) is 5.39. The molecule has 1 fully saturated rings. The average molecular weight is 299 g/mol. The number of rotatable bonds is 3. The number of aryl methyl sites for hydroxylation is 1. The molecule has 0 heterocycles. The number of hydrogen-bond acceptors (Lipinski definition) is 4. The van der Waals surface area contributed by atoms with Crippen molar-refractivity contribution in [3.8, 4) is 0 Å². The van der Waals surface area contributed by atoms with Crippen LogP contribution in [0.15, 0.2) is 29.2 Å². The fraction of sp³-hybridized carbons (Fsp3) is 0.571. The van der Waals surface area contributed by atoms with E-state index in [-0.39, 0.29) is 4.90 Å². The molecule has 3 atom stereocenters. The third-order valence-electron chi connectivity index (χ3n) is 3.95. The van der Waals surface area contributed by atoms with Gasteiger partial charge in [-0.15, -0.1) is 0 Å². The number of nitrogens with zero attached hydrogens (tertiary/aromatic N) is 1. The van der Waals surface area contributed by atoms with Gasteiger partial charge in [0.2, 0.25) is 10.0 Å². The molecule has 0 spiro atoms. The van der Waals surface area contributed by atoms with E-state index in [1.807, 2.05) is 6.92 Å². The molecule has 0 bridgehead atoms. The highest BCUT2D eigenvalue weighted by atomic mass is 32.2. The van der Waals surface area contributed by atoms with Gasteiger partial charge >= 0.3 is 0 Å². The standard InChI is InChI=1S/C14H21NO4S/c1-10-6-8-11(9-7-10)20(18,19)15(2)12-4-3-5-13(16)14(12)17/h6-9,12-14,16-17H,3-5H2,1-2H3/t12-,13-,14-/m1/s1. The zero-order valence-electron chi connectivity index (χ0n) is 11.7. The van der Waals surface area contributed by atoms with E-state index in [9.17, 15) is 18.6 Å². The van der Waals surface area contributed by atoms with Crippen molar-refractivity contribution in [1.29, 1.82) is 0 Å². The van der Waals surface area contributed by atoms with Crippen molar-refractivity contribution in [3.05, 3.63) is 29.8 Å². The molecule has 2 N–H and O–H groups in total. The van der Waals surface area contributed by atoms with Gasteiger partial charge in [-0.3, -0.25) is 0 Å². The van der Waals surface area contributed by atoms with Crippen molar-refractivity contribution < 1.29 is 18.6 Å². The zero-order chi connectivity index (χ0) is 14.9. The van der Waals surface area contributed by atoms with E-state index in [1.165, 1.54) is 11.4 Å². The first kappa shape index (κ1) is 15.4. The number of likely N-dealkylation sites (N-methyl/N-ethyl adjacent to an activating group) is 1. The first-order valence-corrected chi connectivity index (χ1v) is 8.19. The molecule has 0 aromatic heterocycles. The maximum absolute atomic E-state index is 12.5. The summed E-state index contributed by atoms with van der Waals surface area (Å²) in [6.07, 6.45) is -0.120. The molecule has 6 heteroatoms. The molecule has 20 heavy (non-hydrogen) atoms. The van der Waals surface area contributed by atoms with Gasteiger partial charge in [0.25, 0.3) is 0 Å². The highest BCUT2D eigenvalue weighted by Gasteiger charge is 2.38. The Hall–Kier alpha value is -0.950. The van der Waals surface area contributed by atoms with E-state index in [0.29, 0.717) is 19.3 Å². The van der Waals surface area contributed by atoms with Crippen LogP contribution in [0.4, 0.5) is 0 Å². The molecule has 0 saturated heterocycles. The molecular weight excluding hydrogens is 278 g/mol. The Morgan fingerprint density at radius 2 is 1.75 bits per heavy atom. The number of aliphatic hydroxyl groups excluding tert-OH is 2. The molecule has 1 aromatic carbocycles. The second kappa shape index (κ2) is 5.81. The lowest BCUT2D eigenvalue weighted by atomic mass is 9.90. The predicted octanol–water partition coefficient (Wildman–Crippen LogP) is 0.890. The lowest BCUT2D eigenvalue weighted by Gasteiger charge is -2.37. The molecule has 1 saturated carbocycles. The normalized spacial score (nSPS) is 27.8. The minimum atomic E-state index is -3.65. The summed E-state index contributed by atoms with van der Waals surface area (Å²) in [5.41, 5.74) is 0.986. The van der Waals surface area contributed by atoms with E-state index < -0.39 is 28.3 Å². The smallest absolute Gasteiger partial charge is 0.243 e. The van der Waals surface area contributed by atoms with Crippen LogP contribution in [0.3, 0.4) is 0 Å². The molecule has 2 rings (SSSR count). The van der Waals surface area contributed by atoms with Gasteiger partial charge in [0.05, 0.1) is 23.1 Å². The fourth-order valence-corrected chi connectivity index (χ4v) is 3.98. The molecule has 1 aliphatic carbocycles. The zero-order valence-corrected chi connectivity index (χ0v) is 12.5. The topological polar surface area (TPSA) is 77.8 Å². The molecule has 0 radical (unpaired) electrons. The minimum Gasteiger partial charge on any atom is -0.390 e. The fourth-order valence-electron chi connectivity index (χ4n) is 2.59. The third kappa shape index (κ3) is 2.88. The van der Waals surface area contributed by atoms with Crippen molar-refractivity contribution in [2.45, 2.75) is 49.3 Å². The van der Waals surface area contributed by atoms with Gasteiger partial charge in [-0.05, 0) is 38.3 Å². The summed E-state index contributed by atoms with van der Waals surface area (Å²) in [7, 11) is -2.19. The molecular formula is C14H21NO4S. The highest BCUT2D eigenvalue weighted by Crippen LogP contribution is 2.27. The van der Waals surface area contributed by atoms with E-state index in [1.54, 1.807) is 24.3 Å². The third-order valence-corrected chi connectivity index (χ3v) is 5.85. The van der Waals surface area contributed by atoms with E-state index in [0.717, 1.165) is 5.56 Å². The quantitative estimate of drug-likeness (QED) is 0.869. The maximum atomic E-state index is 12.5. The van der Waals surface area contributed by atoms with Gasteiger partial charge in [0.1, 0.15) is 0 Å². The molecule has 1 aromatic rings. The van der Waals surface area contributed by atoms with E-state index in [2.05, 4.69) is 0 Å². The van der Waals surface area contributed by atoms with Crippen molar-refractivity contribution in [2.24, 2.45) is 0 Å². The van der Waals surface area contributed by atoms with Crippen LogP contribution in [0, 0.1) is 6.92 Å². The van der Waals surface area contributed by atoms with Crippen LogP contribution in [0.2, 0.25) is 0 Å². The molecule has 1 aliphatic rings. The summed E-state index contributed by atoms with van der Waals surface area (Å²) in [5, 5.41) is 19.7. The lowest BCUT2D eigenvalue weighted by molar-refractivity contribution is -0.0433. The van der Waals surface area contributed by atoms with Gasteiger partial charge in [0, 0.05) is 7.05 Å². The van der Waals surface area contributed by atoms with Crippen LogP contribution >= 0.6 is 0 Å². The minimum absolute atomic E-state index is 0.206. The van der Waals surface area contributed by atoms with Gasteiger partial charge in [-0.2, -0.15) is 4.31 Å². The second-order valence-corrected chi connectivity index (χ2v) is 7.39. The van der Waals surface area contributed by atoms with Gasteiger partial charge in [-0.1, -0.05) is 17.7 Å². The Labute approximate surface area is 119 Å². The maximum Gasteiger partial charge on any atom is 0.243 e. The first-order chi connectivity index (χ1) is 9.34. The van der Waals surface area contributed by atoms with Gasteiger partial charge in [-0.25, -0.2) is 8.42 Å². The molecule has 0 amide bonds. The summed E-state index contributed by atoms with van der Waals surface area (Å²) in [5.74, 6) is 0. The largest absolute Gasteiger partial charge is 0.390 e. The molecule has 112 valence electrons.